The molecule has 0 bridgehead atoms. The first-order valence-electron chi connectivity index (χ1n) is 10.9. The Morgan fingerprint density at radius 3 is 2.44 bits per heavy atom. The van der Waals surface area contributed by atoms with Gasteiger partial charge in [-0.15, -0.1) is 0 Å². The third-order valence-electron chi connectivity index (χ3n) is 5.66. The van der Waals surface area contributed by atoms with Crippen molar-refractivity contribution in [3.8, 4) is 5.75 Å². The smallest absolute Gasteiger partial charge is 0.300 e. The van der Waals surface area contributed by atoms with E-state index < -0.39 is 23.5 Å². The van der Waals surface area contributed by atoms with E-state index in [4.69, 9.17) is 16.3 Å². The molecule has 1 unspecified atom stereocenters. The third-order valence-corrected chi connectivity index (χ3v) is 5.91. The first-order chi connectivity index (χ1) is 16.3. The number of nitrogens with zero attached hydrogens (tertiary/aromatic N) is 1. The van der Waals surface area contributed by atoms with Gasteiger partial charge in [0.2, 0.25) is 0 Å². The molecule has 0 radical (unpaired) electrons. The lowest BCUT2D eigenvalue weighted by Crippen LogP contribution is -2.29. The van der Waals surface area contributed by atoms with E-state index in [1.54, 1.807) is 48.5 Å². The molecule has 1 aliphatic rings. The topological polar surface area (TPSA) is 66.8 Å². The molecule has 0 aromatic heterocycles. The Morgan fingerprint density at radius 2 is 1.79 bits per heavy atom. The molecule has 0 spiro atoms. The summed E-state index contributed by atoms with van der Waals surface area (Å²) in [5.74, 6) is -2.08. The van der Waals surface area contributed by atoms with Crippen LogP contribution in [0.15, 0.2) is 72.3 Å². The highest BCUT2D eigenvalue weighted by molar-refractivity contribution is 6.51. The van der Waals surface area contributed by atoms with Crippen molar-refractivity contribution in [3.63, 3.8) is 0 Å². The van der Waals surface area contributed by atoms with E-state index in [-0.39, 0.29) is 16.9 Å². The molecule has 1 N–H and O–H groups in total. The number of Topliss-reactive ketones (excluding diaryl/α,β-unsaturated/α-hetero) is 1. The number of rotatable bonds is 6. The van der Waals surface area contributed by atoms with Gasteiger partial charge in [0.1, 0.15) is 17.3 Å². The number of aryl methyl sites for hydroxylation is 1. The van der Waals surface area contributed by atoms with Gasteiger partial charge in [-0.1, -0.05) is 36.7 Å². The summed E-state index contributed by atoms with van der Waals surface area (Å²) < 4.78 is 20.6. The highest BCUT2D eigenvalue weighted by atomic mass is 35.5. The van der Waals surface area contributed by atoms with Crippen LogP contribution in [0.1, 0.15) is 36.1 Å². The minimum absolute atomic E-state index is 0.0952. The molecule has 0 aliphatic carbocycles. The van der Waals surface area contributed by atoms with Crippen LogP contribution in [0.5, 0.6) is 5.75 Å². The summed E-state index contributed by atoms with van der Waals surface area (Å²) in [7, 11) is 0. The number of carbonyl (C=O) groups excluding carboxylic acids is 2. The average molecular weight is 480 g/mol. The van der Waals surface area contributed by atoms with Crippen molar-refractivity contribution in [2.45, 2.75) is 26.3 Å². The van der Waals surface area contributed by atoms with Gasteiger partial charge >= 0.3 is 0 Å². The number of amides is 1. The van der Waals surface area contributed by atoms with Crippen LogP contribution in [0.25, 0.3) is 5.76 Å². The molecule has 34 heavy (non-hydrogen) atoms. The molecule has 3 aromatic carbocycles. The number of anilines is 1. The van der Waals surface area contributed by atoms with E-state index in [2.05, 4.69) is 0 Å². The van der Waals surface area contributed by atoms with Gasteiger partial charge in [0.25, 0.3) is 11.7 Å². The van der Waals surface area contributed by atoms with Crippen LogP contribution < -0.4 is 9.64 Å². The average Bonchev–Trinajstić information content (AvgIpc) is 3.09. The molecule has 0 saturated carbocycles. The van der Waals surface area contributed by atoms with Gasteiger partial charge in [-0.2, -0.15) is 0 Å². The largest absolute Gasteiger partial charge is 0.507 e. The molecular weight excluding hydrogens is 457 g/mol. The zero-order valence-electron chi connectivity index (χ0n) is 18.7. The Hall–Kier alpha value is -3.64. The second kappa shape index (κ2) is 9.69. The summed E-state index contributed by atoms with van der Waals surface area (Å²) in [5.41, 5.74) is 1.35. The minimum Gasteiger partial charge on any atom is -0.507 e. The Kier molecular flexibility index (Phi) is 6.70. The molecule has 174 valence electrons. The van der Waals surface area contributed by atoms with Crippen LogP contribution in [-0.4, -0.2) is 23.4 Å². The predicted molar refractivity (Wildman–Crippen MR) is 130 cm³/mol. The van der Waals surface area contributed by atoms with Gasteiger partial charge in [0, 0.05) is 21.8 Å². The highest BCUT2D eigenvalue weighted by Gasteiger charge is 2.47. The van der Waals surface area contributed by atoms with Gasteiger partial charge in [-0.25, -0.2) is 4.39 Å². The van der Waals surface area contributed by atoms with Crippen molar-refractivity contribution in [1.29, 1.82) is 0 Å². The van der Waals surface area contributed by atoms with Gasteiger partial charge in [0.05, 0.1) is 18.2 Å². The molecule has 1 atom stereocenters. The zero-order chi connectivity index (χ0) is 24.4. The fraction of sp³-hybridized carbons (Fsp3) is 0.185. The fourth-order valence-corrected chi connectivity index (χ4v) is 4.14. The van der Waals surface area contributed by atoms with Crippen LogP contribution in [0.3, 0.4) is 0 Å². The van der Waals surface area contributed by atoms with E-state index in [9.17, 15) is 19.1 Å². The van der Waals surface area contributed by atoms with Crippen LogP contribution in [-0.2, 0) is 9.59 Å². The number of aliphatic hydroxyl groups excluding tert-OH is 1. The van der Waals surface area contributed by atoms with Gasteiger partial charge in [-0.05, 0) is 67.4 Å². The molecule has 1 saturated heterocycles. The van der Waals surface area contributed by atoms with E-state index in [0.29, 0.717) is 28.6 Å². The SMILES string of the molecule is CCCOc1ccc(/C(O)=C2\C(=O)C(=O)N(c3ccc(Cl)cc3)C2c2ccccc2F)cc1C. The number of benzene rings is 3. The summed E-state index contributed by atoms with van der Waals surface area (Å²) in [5, 5.41) is 11.7. The molecule has 7 heteroatoms. The maximum atomic E-state index is 14.9. The second-order valence-electron chi connectivity index (χ2n) is 8.00. The molecule has 1 heterocycles. The quantitative estimate of drug-likeness (QED) is 0.259. The number of halogens is 2. The maximum Gasteiger partial charge on any atom is 0.300 e. The van der Waals surface area contributed by atoms with Crippen LogP contribution >= 0.6 is 11.6 Å². The minimum atomic E-state index is -1.15. The first-order valence-corrected chi connectivity index (χ1v) is 11.3. The monoisotopic (exact) mass is 479 g/mol. The number of aliphatic hydroxyl groups is 1. The van der Waals surface area contributed by atoms with Gasteiger partial charge < -0.3 is 9.84 Å². The standard InChI is InChI=1S/C27H23ClFNO4/c1-3-14-34-22-13-8-17(15-16(22)2)25(31)23-24(20-6-4-5-7-21(20)29)30(27(33)26(23)32)19-11-9-18(28)10-12-19/h4-13,15,24,31H,3,14H2,1-2H3/b25-23+. The lowest BCUT2D eigenvalue weighted by atomic mass is 9.94. The van der Waals surface area contributed by atoms with Crippen molar-refractivity contribution >= 4 is 34.7 Å². The number of ether oxygens (including phenoxy) is 1. The van der Waals surface area contributed by atoms with Gasteiger partial charge in [0.15, 0.2) is 0 Å². The van der Waals surface area contributed by atoms with Gasteiger partial charge in [-0.3, -0.25) is 14.5 Å². The van der Waals surface area contributed by atoms with Crippen LogP contribution in [0, 0.1) is 12.7 Å². The fourth-order valence-electron chi connectivity index (χ4n) is 4.02. The summed E-state index contributed by atoms with van der Waals surface area (Å²) in [6.45, 7) is 4.37. The molecular formula is C27H23ClFNO4. The van der Waals surface area contributed by atoms with Crippen molar-refractivity contribution in [1.82, 2.24) is 0 Å². The van der Waals surface area contributed by atoms with E-state index in [1.165, 1.54) is 23.1 Å². The molecule has 4 rings (SSSR count). The molecule has 5 nitrogen and oxygen atoms in total. The van der Waals surface area contributed by atoms with E-state index in [0.717, 1.165) is 12.0 Å². The zero-order valence-corrected chi connectivity index (χ0v) is 19.5. The number of hydrogen-bond donors (Lipinski definition) is 1. The Bertz CT molecular complexity index is 1290. The predicted octanol–water partition coefficient (Wildman–Crippen LogP) is 6.20. The van der Waals surface area contributed by atoms with Crippen molar-refractivity contribution < 1.29 is 23.8 Å². The van der Waals surface area contributed by atoms with Crippen molar-refractivity contribution in [2.75, 3.05) is 11.5 Å². The maximum absolute atomic E-state index is 14.9. The summed E-state index contributed by atoms with van der Waals surface area (Å²) in [6, 6.07) is 16.0. The van der Waals surface area contributed by atoms with Crippen molar-refractivity contribution in [2.24, 2.45) is 0 Å². The number of carbonyl (C=O) groups is 2. The number of ketones is 1. The van der Waals surface area contributed by atoms with Crippen LogP contribution in [0.4, 0.5) is 10.1 Å². The van der Waals surface area contributed by atoms with Crippen molar-refractivity contribution in [3.05, 3.63) is 99.8 Å². The Balaban J connectivity index is 1.89. The second-order valence-corrected chi connectivity index (χ2v) is 8.43. The summed E-state index contributed by atoms with van der Waals surface area (Å²) >= 11 is 5.99. The lowest BCUT2D eigenvalue weighted by Gasteiger charge is -2.25. The first kappa shape index (κ1) is 23.5. The van der Waals surface area contributed by atoms with Crippen LogP contribution in [0.2, 0.25) is 5.02 Å². The summed E-state index contributed by atoms with van der Waals surface area (Å²) in [6.07, 6.45) is 0.845. The third kappa shape index (κ3) is 4.29. The van der Waals surface area contributed by atoms with E-state index >= 15 is 0 Å². The highest BCUT2D eigenvalue weighted by Crippen LogP contribution is 2.43. The summed E-state index contributed by atoms with van der Waals surface area (Å²) in [4.78, 5) is 27.5. The Morgan fingerprint density at radius 1 is 1.09 bits per heavy atom. The number of hydrogen-bond acceptors (Lipinski definition) is 4. The molecule has 1 fully saturated rings. The molecule has 1 amide bonds. The molecule has 1 aliphatic heterocycles. The normalized spacial score (nSPS) is 17.3. The lowest BCUT2D eigenvalue weighted by molar-refractivity contribution is -0.132. The Labute approximate surface area is 202 Å². The van der Waals surface area contributed by atoms with E-state index in [1.807, 2.05) is 13.8 Å². The molecule has 3 aromatic rings.